The molecule has 0 radical (unpaired) electrons. The largest absolute Gasteiger partial charge is 0.434 e. The molecule has 0 spiro atoms. The fraction of sp³-hybridized carbons (Fsp3) is 0.227. The lowest BCUT2D eigenvalue weighted by atomic mass is 10.1. The van der Waals surface area contributed by atoms with Crippen LogP contribution in [-0.4, -0.2) is 37.3 Å². The maximum atomic E-state index is 14.5. The van der Waals surface area contributed by atoms with Crippen molar-refractivity contribution in [2.24, 2.45) is 5.73 Å². The van der Waals surface area contributed by atoms with Crippen LogP contribution in [0.2, 0.25) is 0 Å². The highest BCUT2D eigenvalue weighted by molar-refractivity contribution is 5.60. The van der Waals surface area contributed by atoms with E-state index in [1.54, 1.807) is 30.5 Å². The summed E-state index contributed by atoms with van der Waals surface area (Å²) in [6.07, 6.45) is 3.15. The van der Waals surface area contributed by atoms with Crippen LogP contribution >= 0.6 is 0 Å². The first-order valence-electron chi connectivity index (χ1n) is 10.1. The quantitative estimate of drug-likeness (QED) is 0.393. The zero-order valence-corrected chi connectivity index (χ0v) is 17.4. The number of ether oxygens (including phenoxy) is 1. The second-order valence-electron chi connectivity index (χ2n) is 6.97. The van der Waals surface area contributed by atoms with E-state index in [-0.39, 0.29) is 17.6 Å². The van der Waals surface area contributed by atoms with Gasteiger partial charge in [0.2, 0.25) is 11.8 Å². The predicted octanol–water partition coefficient (Wildman–Crippen LogP) is 3.76. The molecule has 4 aromatic rings. The van der Waals surface area contributed by atoms with Crippen LogP contribution in [0.4, 0.5) is 24.8 Å². The number of hydrogen-bond acceptors (Lipinski definition) is 6. The van der Waals surface area contributed by atoms with Gasteiger partial charge in [0, 0.05) is 18.8 Å². The Labute approximate surface area is 187 Å². The highest BCUT2D eigenvalue weighted by atomic mass is 19.3. The monoisotopic (exact) mass is 455 g/mol. The van der Waals surface area contributed by atoms with Gasteiger partial charge in [-0.25, -0.2) is 17.7 Å². The molecular formula is C22H20F3N7O. The smallest absolute Gasteiger partial charge is 0.257 e. The molecule has 3 aromatic heterocycles. The minimum Gasteiger partial charge on any atom is -0.434 e. The molecule has 0 aliphatic carbocycles. The molecule has 0 amide bonds. The fourth-order valence-corrected chi connectivity index (χ4v) is 3.09. The molecule has 3 heterocycles. The number of nitrogens with two attached hydrogens (primary N) is 1. The van der Waals surface area contributed by atoms with Gasteiger partial charge >= 0.3 is 0 Å². The SMILES string of the molecule is NCC#CCCc1ccc(F)c(Oc2nc(Nc3cnn(CC(F)F)c3)nn3cccc23)c1. The van der Waals surface area contributed by atoms with Crippen LogP contribution in [0.15, 0.2) is 48.9 Å². The van der Waals surface area contributed by atoms with Gasteiger partial charge in [-0.3, -0.25) is 4.68 Å². The molecule has 3 N–H and O–H groups in total. The standard InChI is InChI=1S/C22H20F3N7O/c23-17-8-7-15(5-2-1-3-9-26)11-19(17)33-21-18-6-4-10-32(18)30-22(29-21)28-16-12-27-31(13-16)14-20(24)25/h4,6-8,10-13,20H,2,5,9,14,26H2,(H,28,30). The lowest BCUT2D eigenvalue weighted by Crippen LogP contribution is -2.06. The Morgan fingerprint density at radius 1 is 1.21 bits per heavy atom. The van der Waals surface area contributed by atoms with Gasteiger partial charge in [-0.05, 0) is 36.2 Å². The van der Waals surface area contributed by atoms with Crippen LogP contribution < -0.4 is 15.8 Å². The summed E-state index contributed by atoms with van der Waals surface area (Å²) in [7, 11) is 0. The van der Waals surface area contributed by atoms with Gasteiger partial charge in [-0.15, -0.1) is 11.0 Å². The highest BCUT2D eigenvalue weighted by Gasteiger charge is 2.14. The second kappa shape index (κ2) is 10.1. The average molecular weight is 455 g/mol. The molecule has 1 aromatic carbocycles. The zero-order valence-electron chi connectivity index (χ0n) is 17.4. The van der Waals surface area contributed by atoms with Crippen molar-refractivity contribution in [3.05, 3.63) is 60.3 Å². The number of alkyl halides is 2. The van der Waals surface area contributed by atoms with Crippen LogP contribution in [-0.2, 0) is 13.0 Å². The van der Waals surface area contributed by atoms with Crippen molar-refractivity contribution in [2.45, 2.75) is 25.8 Å². The van der Waals surface area contributed by atoms with Gasteiger partial charge in [-0.1, -0.05) is 12.0 Å². The minimum atomic E-state index is -2.52. The van der Waals surface area contributed by atoms with E-state index in [1.165, 1.54) is 23.0 Å². The first-order chi connectivity index (χ1) is 16.0. The van der Waals surface area contributed by atoms with Crippen LogP contribution in [0, 0.1) is 17.7 Å². The van der Waals surface area contributed by atoms with Crippen LogP contribution in [0.5, 0.6) is 11.6 Å². The number of rotatable bonds is 8. The third-order valence-corrected chi connectivity index (χ3v) is 4.54. The Bertz CT molecular complexity index is 1310. The van der Waals surface area contributed by atoms with Crippen LogP contribution in [0.1, 0.15) is 12.0 Å². The van der Waals surface area contributed by atoms with E-state index in [2.05, 4.69) is 32.3 Å². The lowest BCUT2D eigenvalue weighted by molar-refractivity contribution is 0.122. The molecule has 0 aliphatic rings. The number of halogens is 3. The Morgan fingerprint density at radius 3 is 2.91 bits per heavy atom. The maximum absolute atomic E-state index is 14.5. The molecule has 33 heavy (non-hydrogen) atoms. The molecule has 4 rings (SSSR count). The fourth-order valence-electron chi connectivity index (χ4n) is 3.09. The van der Waals surface area contributed by atoms with Crippen molar-refractivity contribution < 1.29 is 17.9 Å². The number of nitrogens with zero attached hydrogens (tertiary/aromatic N) is 5. The Kier molecular flexibility index (Phi) is 6.75. The van der Waals surface area contributed by atoms with Crippen molar-refractivity contribution in [2.75, 3.05) is 11.9 Å². The Hall–Kier alpha value is -4.04. The molecule has 8 nitrogen and oxygen atoms in total. The third-order valence-electron chi connectivity index (χ3n) is 4.54. The summed E-state index contributed by atoms with van der Waals surface area (Å²) in [5.74, 6) is 5.44. The highest BCUT2D eigenvalue weighted by Crippen LogP contribution is 2.29. The summed E-state index contributed by atoms with van der Waals surface area (Å²) >= 11 is 0. The molecule has 0 saturated carbocycles. The number of aromatic nitrogens is 5. The summed E-state index contributed by atoms with van der Waals surface area (Å²) in [6, 6.07) is 8.06. The van der Waals surface area contributed by atoms with Crippen molar-refractivity contribution in [3.63, 3.8) is 0 Å². The maximum Gasteiger partial charge on any atom is 0.257 e. The minimum absolute atomic E-state index is 0.0109. The molecule has 0 unspecified atom stereocenters. The van der Waals surface area contributed by atoms with E-state index in [0.717, 1.165) is 10.2 Å². The second-order valence-corrected chi connectivity index (χ2v) is 6.97. The summed E-state index contributed by atoms with van der Waals surface area (Å²) in [4.78, 5) is 4.34. The molecular weight excluding hydrogens is 435 g/mol. The molecule has 170 valence electrons. The zero-order chi connectivity index (χ0) is 23.2. The van der Waals surface area contributed by atoms with Gasteiger partial charge in [0.1, 0.15) is 12.1 Å². The Morgan fingerprint density at radius 2 is 2.09 bits per heavy atom. The number of aryl methyl sites for hydroxylation is 1. The lowest BCUT2D eigenvalue weighted by Gasteiger charge is -2.11. The number of fused-ring (bicyclic) bond motifs is 1. The van der Waals surface area contributed by atoms with E-state index in [4.69, 9.17) is 10.5 Å². The average Bonchev–Trinajstić information content (AvgIpc) is 3.42. The summed E-state index contributed by atoms with van der Waals surface area (Å²) in [6.45, 7) is -0.233. The third kappa shape index (κ3) is 5.61. The van der Waals surface area contributed by atoms with E-state index in [9.17, 15) is 13.2 Å². The van der Waals surface area contributed by atoms with E-state index < -0.39 is 18.8 Å². The van der Waals surface area contributed by atoms with Crippen LogP contribution in [0.25, 0.3) is 5.52 Å². The molecule has 0 fully saturated rings. The van der Waals surface area contributed by atoms with Gasteiger partial charge in [0.25, 0.3) is 6.43 Å². The number of benzene rings is 1. The first-order valence-corrected chi connectivity index (χ1v) is 10.1. The van der Waals surface area contributed by atoms with Crippen molar-refractivity contribution in [1.29, 1.82) is 0 Å². The van der Waals surface area contributed by atoms with Gasteiger partial charge < -0.3 is 15.8 Å². The van der Waals surface area contributed by atoms with E-state index in [0.29, 0.717) is 30.6 Å². The van der Waals surface area contributed by atoms with Gasteiger partial charge in [0.05, 0.1) is 18.4 Å². The first kappa shape index (κ1) is 22.2. The molecule has 0 aliphatic heterocycles. The summed E-state index contributed by atoms with van der Waals surface area (Å²) in [5, 5.41) is 11.1. The summed E-state index contributed by atoms with van der Waals surface area (Å²) < 4.78 is 48.0. The van der Waals surface area contributed by atoms with Gasteiger partial charge in [0.15, 0.2) is 11.6 Å². The molecule has 11 heteroatoms. The van der Waals surface area contributed by atoms with Crippen molar-refractivity contribution >= 4 is 17.2 Å². The molecule has 0 bridgehead atoms. The van der Waals surface area contributed by atoms with Crippen LogP contribution in [0.3, 0.4) is 0 Å². The van der Waals surface area contributed by atoms with E-state index >= 15 is 0 Å². The van der Waals surface area contributed by atoms with Crippen molar-refractivity contribution in [1.82, 2.24) is 24.4 Å². The summed E-state index contributed by atoms with van der Waals surface area (Å²) in [5.41, 5.74) is 7.15. The van der Waals surface area contributed by atoms with Gasteiger partial charge in [-0.2, -0.15) is 10.1 Å². The normalized spacial score (nSPS) is 10.9. The predicted molar refractivity (Wildman–Crippen MR) is 116 cm³/mol. The number of nitrogens with one attached hydrogen (secondary N) is 1. The van der Waals surface area contributed by atoms with E-state index in [1.807, 2.05) is 0 Å². The van der Waals surface area contributed by atoms with Crippen molar-refractivity contribution in [3.8, 4) is 23.5 Å². The topological polar surface area (TPSA) is 95.3 Å². The number of anilines is 2. The Balaban J connectivity index is 1.58. The number of hydrogen-bond donors (Lipinski definition) is 2. The molecule has 0 atom stereocenters. The molecule has 0 saturated heterocycles.